The van der Waals surface area contributed by atoms with E-state index in [0.29, 0.717) is 5.82 Å². The first-order valence-corrected chi connectivity index (χ1v) is 6.02. The molecule has 1 atom stereocenters. The van der Waals surface area contributed by atoms with Gasteiger partial charge in [-0.2, -0.15) is 5.10 Å². The van der Waals surface area contributed by atoms with Crippen molar-refractivity contribution in [1.82, 2.24) is 20.1 Å². The summed E-state index contributed by atoms with van der Waals surface area (Å²) in [5, 5.41) is 6.60. The van der Waals surface area contributed by atoms with E-state index in [1.165, 1.54) is 25.6 Å². The minimum atomic E-state index is -0.683. The Hall–Kier alpha value is -2.44. The fourth-order valence-corrected chi connectivity index (χ4v) is 1.88. The van der Waals surface area contributed by atoms with Gasteiger partial charge in [-0.3, -0.25) is 9.48 Å². The lowest BCUT2D eigenvalue weighted by atomic mass is 10.1. The Balaban J connectivity index is 2.19. The highest BCUT2D eigenvalue weighted by atomic mass is 19.1. The van der Waals surface area contributed by atoms with Crippen molar-refractivity contribution in [3.63, 3.8) is 0 Å². The number of amides is 1. The molecule has 1 heterocycles. The molecule has 1 aromatic carbocycles. The molecule has 1 aromatic heterocycles. The van der Waals surface area contributed by atoms with E-state index in [9.17, 15) is 9.18 Å². The number of aromatic nitrogens is 3. The minimum Gasteiger partial charge on any atom is -0.494 e. The van der Waals surface area contributed by atoms with Crippen LogP contribution in [0.4, 0.5) is 4.39 Å². The van der Waals surface area contributed by atoms with E-state index in [1.54, 1.807) is 24.7 Å². The van der Waals surface area contributed by atoms with Gasteiger partial charge in [0.25, 0.3) is 5.91 Å². The lowest BCUT2D eigenvalue weighted by Gasteiger charge is -2.14. The summed E-state index contributed by atoms with van der Waals surface area (Å²) in [5.74, 6) is -0.597. The molecular weight excluding hydrogens is 263 g/mol. The highest BCUT2D eigenvalue weighted by molar-refractivity contribution is 5.95. The van der Waals surface area contributed by atoms with E-state index in [1.807, 2.05) is 0 Å². The van der Waals surface area contributed by atoms with Crippen LogP contribution in [0.2, 0.25) is 0 Å². The van der Waals surface area contributed by atoms with Gasteiger partial charge in [0.05, 0.1) is 18.7 Å². The van der Waals surface area contributed by atoms with Gasteiger partial charge in [-0.1, -0.05) is 6.07 Å². The zero-order valence-corrected chi connectivity index (χ0v) is 11.4. The second-order valence-corrected chi connectivity index (χ2v) is 4.26. The molecule has 0 aliphatic carbocycles. The van der Waals surface area contributed by atoms with Crippen LogP contribution in [0.5, 0.6) is 5.75 Å². The van der Waals surface area contributed by atoms with Crippen molar-refractivity contribution >= 4 is 5.91 Å². The number of halogens is 1. The van der Waals surface area contributed by atoms with E-state index >= 15 is 0 Å². The summed E-state index contributed by atoms with van der Waals surface area (Å²) in [5.41, 5.74) is -0.0710. The number of nitrogens with one attached hydrogen (secondary N) is 1. The predicted octanol–water partition coefficient (Wildman–Crippen LogP) is 1.45. The van der Waals surface area contributed by atoms with E-state index in [-0.39, 0.29) is 17.4 Å². The SMILES string of the molecule is COc1cccc(C(=O)N[C@@H](C)c2ncnn2C)c1F. The summed E-state index contributed by atoms with van der Waals surface area (Å²) < 4.78 is 20.4. The van der Waals surface area contributed by atoms with Crippen LogP contribution < -0.4 is 10.1 Å². The van der Waals surface area contributed by atoms with Crippen molar-refractivity contribution in [3.8, 4) is 5.75 Å². The summed E-state index contributed by atoms with van der Waals surface area (Å²) in [6.07, 6.45) is 1.39. The molecule has 2 rings (SSSR count). The second-order valence-electron chi connectivity index (χ2n) is 4.26. The quantitative estimate of drug-likeness (QED) is 0.919. The Morgan fingerprint density at radius 2 is 2.25 bits per heavy atom. The molecule has 0 unspecified atom stereocenters. The van der Waals surface area contributed by atoms with E-state index in [2.05, 4.69) is 15.4 Å². The summed E-state index contributed by atoms with van der Waals surface area (Å²) in [6, 6.07) is 4.03. The van der Waals surface area contributed by atoms with Crippen LogP contribution in [0, 0.1) is 5.82 Å². The van der Waals surface area contributed by atoms with Crippen molar-refractivity contribution in [2.45, 2.75) is 13.0 Å². The summed E-state index contributed by atoms with van der Waals surface area (Å²) in [7, 11) is 3.07. The number of aryl methyl sites for hydroxylation is 1. The van der Waals surface area contributed by atoms with Crippen LogP contribution in [0.3, 0.4) is 0 Å². The standard InChI is InChI=1S/C13H15FN4O2/c1-8(12-15-7-16-18(12)2)17-13(19)9-5-4-6-10(20-3)11(9)14/h4-8H,1-3H3,(H,17,19)/t8-/m0/s1. The Morgan fingerprint density at radius 1 is 1.50 bits per heavy atom. The monoisotopic (exact) mass is 278 g/mol. The van der Waals surface area contributed by atoms with Crippen molar-refractivity contribution in [3.05, 3.63) is 41.7 Å². The van der Waals surface area contributed by atoms with Crippen molar-refractivity contribution < 1.29 is 13.9 Å². The molecule has 0 fully saturated rings. The van der Waals surface area contributed by atoms with Gasteiger partial charge in [0.2, 0.25) is 0 Å². The Morgan fingerprint density at radius 3 is 2.85 bits per heavy atom. The summed E-state index contributed by atoms with van der Waals surface area (Å²) in [6.45, 7) is 1.75. The topological polar surface area (TPSA) is 69.0 Å². The van der Waals surface area contributed by atoms with Crippen LogP contribution in [0.15, 0.2) is 24.5 Å². The first-order chi connectivity index (χ1) is 9.54. The number of benzene rings is 1. The van der Waals surface area contributed by atoms with Crippen LogP contribution in [0.1, 0.15) is 29.1 Å². The van der Waals surface area contributed by atoms with E-state index in [0.717, 1.165) is 0 Å². The largest absolute Gasteiger partial charge is 0.494 e. The highest BCUT2D eigenvalue weighted by Crippen LogP contribution is 2.20. The number of rotatable bonds is 4. The maximum Gasteiger partial charge on any atom is 0.254 e. The molecule has 0 saturated heterocycles. The molecule has 0 bridgehead atoms. The van der Waals surface area contributed by atoms with Gasteiger partial charge in [0.1, 0.15) is 12.2 Å². The third-order valence-corrected chi connectivity index (χ3v) is 2.91. The smallest absolute Gasteiger partial charge is 0.254 e. The van der Waals surface area contributed by atoms with Gasteiger partial charge < -0.3 is 10.1 Å². The van der Waals surface area contributed by atoms with E-state index < -0.39 is 11.7 Å². The predicted molar refractivity (Wildman–Crippen MR) is 69.8 cm³/mol. The second kappa shape index (κ2) is 5.68. The fourth-order valence-electron chi connectivity index (χ4n) is 1.88. The molecule has 2 aromatic rings. The maximum absolute atomic E-state index is 14.0. The van der Waals surface area contributed by atoms with Crippen molar-refractivity contribution in [2.24, 2.45) is 7.05 Å². The van der Waals surface area contributed by atoms with Crippen LogP contribution >= 0.6 is 0 Å². The van der Waals surface area contributed by atoms with Gasteiger partial charge in [-0.15, -0.1) is 0 Å². The highest BCUT2D eigenvalue weighted by Gasteiger charge is 2.19. The molecule has 20 heavy (non-hydrogen) atoms. The molecule has 0 spiro atoms. The molecule has 0 aliphatic heterocycles. The maximum atomic E-state index is 14.0. The van der Waals surface area contributed by atoms with Crippen LogP contribution in [-0.2, 0) is 7.05 Å². The average molecular weight is 278 g/mol. The number of ether oxygens (including phenoxy) is 1. The number of carbonyl (C=O) groups is 1. The number of nitrogens with zero attached hydrogens (tertiary/aromatic N) is 3. The third-order valence-electron chi connectivity index (χ3n) is 2.91. The number of hydrogen-bond donors (Lipinski definition) is 1. The fraction of sp³-hybridized carbons (Fsp3) is 0.308. The average Bonchev–Trinajstić information content (AvgIpc) is 2.85. The number of methoxy groups -OCH3 is 1. The van der Waals surface area contributed by atoms with Crippen LogP contribution in [-0.4, -0.2) is 27.8 Å². The number of hydrogen-bond acceptors (Lipinski definition) is 4. The van der Waals surface area contributed by atoms with Gasteiger partial charge in [0, 0.05) is 7.05 Å². The molecule has 0 saturated carbocycles. The Labute approximate surface area is 115 Å². The first-order valence-electron chi connectivity index (χ1n) is 6.02. The molecule has 0 radical (unpaired) electrons. The van der Waals surface area contributed by atoms with Gasteiger partial charge in [-0.25, -0.2) is 9.37 Å². The molecular formula is C13H15FN4O2. The van der Waals surface area contributed by atoms with Gasteiger partial charge in [0.15, 0.2) is 11.6 Å². The zero-order chi connectivity index (χ0) is 14.7. The normalized spacial score (nSPS) is 12.0. The zero-order valence-electron chi connectivity index (χ0n) is 11.4. The minimum absolute atomic E-state index is 0.0314. The van der Waals surface area contributed by atoms with E-state index in [4.69, 9.17) is 4.74 Å². The Kier molecular flexibility index (Phi) is 3.97. The molecule has 6 nitrogen and oxygen atoms in total. The molecule has 0 aliphatic rings. The number of carbonyl (C=O) groups excluding carboxylic acids is 1. The third kappa shape index (κ3) is 2.61. The van der Waals surface area contributed by atoms with Gasteiger partial charge >= 0.3 is 0 Å². The molecule has 106 valence electrons. The molecule has 7 heteroatoms. The van der Waals surface area contributed by atoms with Gasteiger partial charge in [-0.05, 0) is 19.1 Å². The van der Waals surface area contributed by atoms with Crippen LogP contribution in [0.25, 0.3) is 0 Å². The van der Waals surface area contributed by atoms with Crippen molar-refractivity contribution in [2.75, 3.05) is 7.11 Å². The van der Waals surface area contributed by atoms with Crippen molar-refractivity contribution in [1.29, 1.82) is 0 Å². The first kappa shape index (κ1) is 14.0. The lowest BCUT2D eigenvalue weighted by molar-refractivity contribution is 0.0933. The lowest BCUT2D eigenvalue weighted by Crippen LogP contribution is -2.29. The summed E-state index contributed by atoms with van der Waals surface area (Å²) >= 11 is 0. The molecule has 1 N–H and O–H groups in total. The summed E-state index contributed by atoms with van der Waals surface area (Å²) in [4.78, 5) is 16.1. The molecule has 1 amide bonds. The Bertz CT molecular complexity index is 627.